The van der Waals surface area contributed by atoms with Crippen LogP contribution in [0.15, 0.2) is 65.9 Å². The van der Waals surface area contributed by atoms with Gasteiger partial charge in [0.15, 0.2) is 11.6 Å². The third-order valence-corrected chi connectivity index (χ3v) is 6.08. The van der Waals surface area contributed by atoms with E-state index in [9.17, 15) is 4.79 Å². The molecular formula is C25H25N3O2. The van der Waals surface area contributed by atoms with E-state index in [1.54, 1.807) is 7.11 Å². The number of anilines is 1. The molecule has 0 fully saturated rings. The van der Waals surface area contributed by atoms with Gasteiger partial charge in [0.05, 0.1) is 12.8 Å². The molecule has 3 aromatic rings. The topological polar surface area (TPSA) is 67.0 Å². The normalized spacial score (nSPS) is 19.7. The van der Waals surface area contributed by atoms with Crippen molar-refractivity contribution in [2.75, 3.05) is 12.4 Å². The molecule has 2 aromatic carbocycles. The molecule has 0 saturated carbocycles. The number of carbonyl (C=O) groups excluding carboxylic acids is 1. The van der Waals surface area contributed by atoms with Gasteiger partial charge in [0.1, 0.15) is 5.75 Å². The van der Waals surface area contributed by atoms with Crippen LogP contribution in [0.2, 0.25) is 0 Å². The van der Waals surface area contributed by atoms with Crippen LogP contribution in [-0.4, -0.2) is 23.1 Å². The molecule has 1 aliphatic carbocycles. The molecule has 0 saturated heterocycles. The molecular weight excluding hydrogens is 374 g/mol. The van der Waals surface area contributed by atoms with Crippen LogP contribution in [0.3, 0.4) is 0 Å². The van der Waals surface area contributed by atoms with E-state index in [4.69, 9.17) is 4.74 Å². The number of benzene rings is 2. The zero-order chi connectivity index (χ0) is 20.9. The van der Waals surface area contributed by atoms with Gasteiger partial charge in [-0.1, -0.05) is 44.2 Å². The lowest BCUT2D eigenvalue weighted by Gasteiger charge is -2.38. The molecule has 2 N–H and O–H groups in total. The molecule has 0 bridgehead atoms. The zero-order valence-electron chi connectivity index (χ0n) is 17.5. The number of fused-ring (bicyclic) bond motifs is 1. The predicted molar refractivity (Wildman–Crippen MR) is 118 cm³/mol. The van der Waals surface area contributed by atoms with Gasteiger partial charge in [-0.2, -0.15) is 5.10 Å². The average Bonchev–Trinajstić information content (AvgIpc) is 3.15. The summed E-state index contributed by atoms with van der Waals surface area (Å²) in [5.41, 5.74) is 5.90. The van der Waals surface area contributed by atoms with Crippen LogP contribution in [0.5, 0.6) is 5.75 Å². The molecule has 0 amide bonds. The number of Topliss-reactive ketones (excluding diaryl/α,β-unsaturated/α-hetero) is 1. The highest BCUT2D eigenvalue weighted by atomic mass is 16.5. The second-order valence-electron chi connectivity index (χ2n) is 8.89. The molecule has 5 nitrogen and oxygen atoms in total. The number of aromatic amines is 1. The van der Waals surface area contributed by atoms with Gasteiger partial charge in [-0.15, -0.1) is 0 Å². The Morgan fingerprint density at radius 3 is 2.47 bits per heavy atom. The monoisotopic (exact) mass is 399 g/mol. The lowest BCUT2D eigenvalue weighted by Crippen LogP contribution is -2.33. The van der Waals surface area contributed by atoms with Crippen molar-refractivity contribution in [2.24, 2.45) is 5.41 Å². The standard InChI is InChI=1S/C25H25N3O2/c1-25(2)13-18-21(19(29)14-25)20(15-7-5-4-6-8-15)22-23(27-28-24(22)26-18)16-9-11-17(30-3)12-10-16/h4-12,20H,13-14H2,1-3H3,(H2,26,27,28)/t20-/m0/s1. The van der Waals surface area contributed by atoms with E-state index >= 15 is 0 Å². The number of H-pyrrole nitrogens is 1. The molecule has 1 aliphatic heterocycles. The van der Waals surface area contributed by atoms with Crippen molar-refractivity contribution in [2.45, 2.75) is 32.6 Å². The maximum Gasteiger partial charge on any atom is 0.162 e. The predicted octanol–water partition coefficient (Wildman–Crippen LogP) is 5.29. The van der Waals surface area contributed by atoms with Crippen LogP contribution in [0, 0.1) is 5.41 Å². The SMILES string of the molecule is COc1ccc(-c2[nH]nc3c2[C@@H](c2ccccc2)C2=C(CC(C)(C)CC2=O)N3)cc1. The largest absolute Gasteiger partial charge is 0.497 e. The first-order valence-corrected chi connectivity index (χ1v) is 10.3. The Bertz CT molecular complexity index is 1140. The van der Waals surface area contributed by atoms with Crippen molar-refractivity contribution >= 4 is 11.6 Å². The smallest absolute Gasteiger partial charge is 0.162 e. The third-order valence-electron chi connectivity index (χ3n) is 6.08. The number of nitrogens with one attached hydrogen (secondary N) is 2. The lowest BCUT2D eigenvalue weighted by atomic mass is 9.69. The fraction of sp³-hybridized carbons (Fsp3) is 0.280. The summed E-state index contributed by atoms with van der Waals surface area (Å²) in [6, 6.07) is 18.2. The number of hydrogen-bond acceptors (Lipinski definition) is 4. The Morgan fingerprint density at radius 2 is 1.77 bits per heavy atom. The summed E-state index contributed by atoms with van der Waals surface area (Å²) in [4.78, 5) is 13.3. The zero-order valence-corrected chi connectivity index (χ0v) is 17.5. The molecule has 30 heavy (non-hydrogen) atoms. The number of hydrogen-bond donors (Lipinski definition) is 2. The molecule has 1 atom stereocenters. The minimum absolute atomic E-state index is 0.0588. The maximum absolute atomic E-state index is 13.3. The van der Waals surface area contributed by atoms with Crippen LogP contribution in [0.25, 0.3) is 11.3 Å². The number of methoxy groups -OCH3 is 1. The molecule has 5 rings (SSSR count). The molecule has 0 spiro atoms. The second-order valence-corrected chi connectivity index (χ2v) is 8.89. The third kappa shape index (κ3) is 3.02. The second kappa shape index (κ2) is 6.87. The number of ether oxygens (including phenoxy) is 1. The van der Waals surface area contributed by atoms with E-state index < -0.39 is 0 Å². The minimum Gasteiger partial charge on any atom is -0.497 e. The molecule has 0 radical (unpaired) electrons. The highest BCUT2D eigenvalue weighted by Crippen LogP contribution is 2.50. The van der Waals surface area contributed by atoms with Crippen molar-refractivity contribution in [1.82, 2.24) is 10.2 Å². The number of allylic oxidation sites excluding steroid dienone is 2. The van der Waals surface area contributed by atoms with Crippen molar-refractivity contribution in [3.05, 3.63) is 77.0 Å². The van der Waals surface area contributed by atoms with E-state index in [0.717, 1.165) is 51.6 Å². The minimum atomic E-state index is -0.142. The van der Waals surface area contributed by atoms with Gasteiger partial charge in [0.25, 0.3) is 0 Å². The summed E-state index contributed by atoms with van der Waals surface area (Å²) in [5.74, 6) is 1.69. The van der Waals surface area contributed by atoms with Gasteiger partial charge in [0, 0.05) is 34.7 Å². The summed E-state index contributed by atoms with van der Waals surface area (Å²) in [6.45, 7) is 4.30. The summed E-state index contributed by atoms with van der Waals surface area (Å²) in [7, 11) is 1.66. The quantitative estimate of drug-likeness (QED) is 0.628. The first-order chi connectivity index (χ1) is 14.5. The van der Waals surface area contributed by atoms with Crippen LogP contribution >= 0.6 is 0 Å². The Kier molecular flexibility index (Phi) is 4.28. The van der Waals surface area contributed by atoms with E-state index in [-0.39, 0.29) is 17.1 Å². The van der Waals surface area contributed by atoms with Crippen LogP contribution in [0.1, 0.15) is 43.7 Å². The van der Waals surface area contributed by atoms with Crippen LogP contribution in [-0.2, 0) is 4.79 Å². The Morgan fingerprint density at radius 1 is 1.03 bits per heavy atom. The summed E-state index contributed by atoms with van der Waals surface area (Å²) >= 11 is 0. The molecule has 152 valence electrons. The first-order valence-electron chi connectivity index (χ1n) is 10.3. The van der Waals surface area contributed by atoms with Gasteiger partial charge in [-0.25, -0.2) is 0 Å². The van der Waals surface area contributed by atoms with Gasteiger partial charge in [-0.3, -0.25) is 9.89 Å². The maximum atomic E-state index is 13.3. The number of rotatable bonds is 3. The van der Waals surface area contributed by atoms with Gasteiger partial charge < -0.3 is 10.1 Å². The molecule has 2 heterocycles. The van der Waals surface area contributed by atoms with Gasteiger partial charge >= 0.3 is 0 Å². The fourth-order valence-electron chi connectivity index (χ4n) is 4.75. The average molecular weight is 399 g/mol. The number of carbonyl (C=O) groups is 1. The van der Waals surface area contributed by atoms with Crippen molar-refractivity contribution in [3.63, 3.8) is 0 Å². The number of ketones is 1. The number of nitrogens with zero attached hydrogens (tertiary/aromatic N) is 1. The summed E-state index contributed by atoms with van der Waals surface area (Å²) in [6.07, 6.45) is 1.39. The highest BCUT2D eigenvalue weighted by Gasteiger charge is 2.42. The Hall–Kier alpha value is -3.34. The summed E-state index contributed by atoms with van der Waals surface area (Å²) < 4.78 is 5.30. The van der Waals surface area contributed by atoms with E-state index in [1.807, 2.05) is 42.5 Å². The number of aromatic nitrogens is 2. The molecule has 1 aromatic heterocycles. The van der Waals surface area contributed by atoms with Crippen LogP contribution in [0.4, 0.5) is 5.82 Å². The lowest BCUT2D eigenvalue weighted by molar-refractivity contribution is -0.118. The van der Waals surface area contributed by atoms with E-state index in [2.05, 4.69) is 41.5 Å². The molecule has 2 aliphatic rings. The molecule has 5 heteroatoms. The summed E-state index contributed by atoms with van der Waals surface area (Å²) in [5, 5.41) is 11.3. The Labute approximate surface area is 176 Å². The van der Waals surface area contributed by atoms with E-state index in [0.29, 0.717) is 6.42 Å². The van der Waals surface area contributed by atoms with Crippen LogP contribution < -0.4 is 10.1 Å². The van der Waals surface area contributed by atoms with Gasteiger partial charge in [-0.05, 0) is 41.7 Å². The Balaban J connectivity index is 1.70. The van der Waals surface area contributed by atoms with Crippen molar-refractivity contribution in [3.8, 4) is 17.0 Å². The van der Waals surface area contributed by atoms with E-state index in [1.165, 1.54) is 0 Å². The highest BCUT2D eigenvalue weighted by molar-refractivity contribution is 6.02. The van der Waals surface area contributed by atoms with Crippen molar-refractivity contribution in [1.29, 1.82) is 0 Å². The fourth-order valence-corrected chi connectivity index (χ4v) is 4.75. The van der Waals surface area contributed by atoms with Crippen molar-refractivity contribution < 1.29 is 9.53 Å². The first kappa shape index (κ1) is 18.7. The molecule has 0 unspecified atom stereocenters. The van der Waals surface area contributed by atoms with Gasteiger partial charge in [0.2, 0.25) is 0 Å².